The number of hydrazine groups is 1. The number of anilines is 6. The van der Waals surface area contributed by atoms with Crippen LogP contribution >= 0.6 is 11.6 Å². The molecule has 0 radical (unpaired) electrons. The number of hydrogen-bond donors (Lipinski definition) is 5. The molecular formula is C33H44ClN9O3. The van der Waals surface area contributed by atoms with E-state index < -0.39 is 6.23 Å². The van der Waals surface area contributed by atoms with Crippen LogP contribution in [0.15, 0.2) is 48.7 Å². The Morgan fingerprint density at radius 1 is 1.20 bits per heavy atom. The van der Waals surface area contributed by atoms with E-state index in [0.29, 0.717) is 29.6 Å². The van der Waals surface area contributed by atoms with E-state index in [4.69, 9.17) is 22.4 Å². The lowest BCUT2D eigenvalue weighted by atomic mass is 9.80. The second-order valence-corrected chi connectivity index (χ2v) is 12.9. The molecule has 5 rings (SSSR count). The summed E-state index contributed by atoms with van der Waals surface area (Å²) in [4.78, 5) is 36.6. The number of hydrogen-bond acceptors (Lipinski definition) is 10. The third-order valence-corrected chi connectivity index (χ3v) is 9.48. The van der Waals surface area contributed by atoms with Crippen molar-refractivity contribution in [3.05, 3.63) is 59.2 Å². The molecule has 2 fully saturated rings. The first kappa shape index (κ1) is 33.2. The molecule has 2 aliphatic heterocycles. The number of carbonyl (C=O) groups excluding carboxylic acids is 2. The van der Waals surface area contributed by atoms with Gasteiger partial charge < -0.3 is 35.9 Å². The Hall–Kier alpha value is -4.13. The lowest BCUT2D eigenvalue weighted by Gasteiger charge is -2.38. The molecule has 3 unspecified atom stereocenters. The SMILES string of the molecule is CC(=O)N(C)c1cccc(Nc2nc(N3CC[C@@H](Nc4ccc(C(C)C5CCC(=O)NC5O)c(N(C)N)c4)[C@H](C)C3)ncc2Cl)c1. The fourth-order valence-electron chi connectivity index (χ4n) is 6.34. The zero-order valence-corrected chi connectivity index (χ0v) is 27.8. The summed E-state index contributed by atoms with van der Waals surface area (Å²) in [6, 6.07) is 13.9. The van der Waals surface area contributed by atoms with E-state index in [1.165, 1.54) is 6.92 Å². The van der Waals surface area contributed by atoms with Gasteiger partial charge in [-0.3, -0.25) is 9.59 Å². The number of aromatic nitrogens is 2. The van der Waals surface area contributed by atoms with Gasteiger partial charge in [-0.05, 0) is 60.6 Å². The molecule has 0 spiro atoms. The van der Waals surface area contributed by atoms with Crippen molar-refractivity contribution in [1.29, 1.82) is 0 Å². The zero-order valence-electron chi connectivity index (χ0n) is 27.0. The van der Waals surface area contributed by atoms with Crippen LogP contribution in [-0.2, 0) is 9.59 Å². The van der Waals surface area contributed by atoms with Crippen molar-refractivity contribution >= 4 is 57.9 Å². The average Bonchev–Trinajstić information content (AvgIpc) is 3.02. The minimum Gasteiger partial charge on any atom is -0.382 e. The number of amides is 2. The number of nitrogens with zero attached hydrogens (tertiary/aromatic N) is 5. The van der Waals surface area contributed by atoms with Crippen molar-refractivity contribution < 1.29 is 14.7 Å². The van der Waals surface area contributed by atoms with E-state index in [1.54, 1.807) is 23.2 Å². The first-order valence-corrected chi connectivity index (χ1v) is 16.0. The summed E-state index contributed by atoms with van der Waals surface area (Å²) in [5.41, 5.74) is 4.40. The lowest BCUT2D eigenvalue weighted by molar-refractivity contribution is -0.129. The molecule has 6 N–H and O–H groups in total. The van der Waals surface area contributed by atoms with Gasteiger partial charge in [0.05, 0.1) is 11.9 Å². The standard InChI is InChI=1S/C33H44ClN9O3/c1-19-18-43(33-36-17-27(34)31(40-33)38-22-7-6-8-24(15-22)41(4)21(3)44)14-13-28(19)37-23-9-10-25(29(16-23)42(5)35)20(2)26-11-12-30(45)39-32(26)46/h6-10,15-17,19-20,26,28,32,37,46H,11-14,18,35H2,1-5H3,(H,39,45)(H,36,38,40)/t19-,20?,26?,28-,32?/m1/s1. The molecule has 0 bridgehead atoms. The fourth-order valence-corrected chi connectivity index (χ4v) is 6.48. The Kier molecular flexibility index (Phi) is 10.2. The van der Waals surface area contributed by atoms with Crippen LogP contribution in [0.4, 0.5) is 34.5 Å². The Labute approximate surface area is 275 Å². The third kappa shape index (κ3) is 7.46. The molecule has 46 heavy (non-hydrogen) atoms. The van der Waals surface area contributed by atoms with Gasteiger partial charge in [0.15, 0.2) is 5.82 Å². The van der Waals surface area contributed by atoms with Gasteiger partial charge in [-0.1, -0.05) is 37.6 Å². The fraction of sp³-hybridized carbons (Fsp3) is 0.455. The number of halogens is 1. The summed E-state index contributed by atoms with van der Waals surface area (Å²) >= 11 is 6.48. The minimum atomic E-state index is -0.876. The van der Waals surface area contributed by atoms with E-state index in [2.05, 4.69) is 57.9 Å². The molecule has 0 aliphatic carbocycles. The van der Waals surface area contributed by atoms with Gasteiger partial charge in [-0.25, -0.2) is 10.8 Å². The maximum atomic E-state index is 11.8. The quantitative estimate of drug-likeness (QED) is 0.166. The van der Waals surface area contributed by atoms with Crippen LogP contribution in [0.2, 0.25) is 5.02 Å². The maximum absolute atomic E-state index is 11.8. The molecule has 0 saturated carbocycles. The summed E-state index contributed by atoms with van der Waals surface area (Å²) in [5.74, 6) is 7.38. The monoisotopic (exact) mass is 649 g/mol. The number of rotatable bonds is 9. The van der Waals surface area contributed by atoms with Crippen LogP contribution in [0, 0.1) is 11.8 Å². The van der Waals surface area contributed by atoms with E-state index in [-0.39, 0.29) is 35.6 Å². The smallest absolute Gasteiger partial charge is 0.227 e. The van der Waals surface area contributed by atoms with Gasteiger partial charge in [0.25, 0.3) is 0 Å². The molecule has 246 valence electrons. The van der Waals surface area contributed by atoms with E-state index in [0.717, 1.165) is 47.8 Å². The molecule has 3 aromatic rings. The van der Waals surface area contributed by atoms with Gasteiger partial charge >= 0.3 is 0 Å². The Balaban J connectivity index is 1.25. The zero-order chi connectivity index (χ0) is 33.1. The normalized spacial score (nSPS) is 22.1. The van der Waals surface area contributed by atoms with E-state index in [1.807, 2.05) is 31.3 Å². The van der Waals surface area contributed by atoms with Crippen molar-refractivity contribution in [2.45, 2.75) is 58.2 Å². The Bertz CT molecular complexity index is 1570. The van der Waals surface area contributed by atoms with Crippen LogP contribution in [-0.4, -0.2) is 66.3 Å². The van der Waals surface area contributed by atoms with Gasteiger partial charge in [-0.2, -0.15) is 4.98 Å². The summed E-state index contributed by atoms with van der Waals surface area (Å²) in [5, 5.41) is 22.2. The summed E-state index contributed by atoms with van der Waals surface area (Å²) in [7, 11) is 3.54. The van der Waals surface area contributed by atoms with Crippen molar-refractivity contribution in [2.75, 3.05) is 52.6 Å². The molecule has 5 atom stereocenters. The number of aliphatic hydroxyl groups excluding tert-OH is 1. The first-order chi connectivity index (χ1) is 21.9. The predicted molar refractivity (Wildman–Crippen MR) is 184 cm³/mol. The number of benzene rings is 2. The molecule has 3 heterocycles. The molecule has 13 heteroatoms. The summed E-state index contributed by atoms with van der Waals surface area (Å²) in [6.07, 6.45) is 2.63. The second kappa shape index (κ2) is 14.1. The maximum Gasteiger partial charge on any atom is 0.227 e. The largest absolute Gasteiger partial charge is 0.382 e. The second-order valence-electron chi connectivity index (χ2n) is 12.5. The molecule has 2 amide bonds. The number of nitrogens with two attached hydrogens (primary N) is 1. The number of carbonyl (C=O) groups is 2. The Morgan fingerprint density at radius 2 is 1.98 bits per heavy atom. The molecule has 1 aromatic heterocycles. The predicted octanol–water partition coefficient (Wildman–Crippen LogP) is 4.44. The van der Waals surface area contributed by atoms with Crippen LogP contribution in [0.1, 0.15) is 51.5 Å². The van der Waals surface area contributed by atoms with Crippen LogP contribution < -0.4 is 36.6 Å². The highest BCUT2D eigenvalue weighted by Gasteiger charge is 2.33. The highest BCUT2D eigenvalue weighted by molar-refractivity contribution is 6.32. The van der Waals surface area contributed by atoms with Gasteiger partial charge in [0, 0.05) is 69.6 Å². The van der Waals surface area contributed by atoms with Crippen molar-refractivity contribution in [3.8, 4) is 0 Å². The van der Waals surface area contributed by atoms with Crippen molar-refractivity contribution in [2.24, 2.45) is 17.7 Å². The topological polar surface area (TPSA) is 152 Å². The molecular weight excluding hydrogens is 606 g/mol. The summed E-state index contributed by atoms with van der Waals surface area (Å²) in [6.45, 7) is 7.31. The van der Waals surface area contributed by atoms with E-state index in [9.17, 15) is 14.7 Å². The highest BCUT2D eigenvalue weighted by Crippen LogP contribution is 2.38. The average molecular weight is 650 g/mol. The minimum absolute atomic E-state index is 0.00242. The summed E-state index contributed by atoms with van der Waals surface area (Å²) < 4.78 is 0. The van der Waals surface area contributed by atoms with Gasteiger partial charge in [0.1, 0.15) is 11.3 Å². The number of piperidine rings is 2. The van der Waals surface area contributed by atoms with Gasteiger partial charge in [0.2, 0.25) is 17.8 Å². The molecule has 12 nitrogen and oxygen atoms in total. The molecule has 2 saturated heterocycles. The Morgan fingerprint density at radius 3 is 2.67 bits per heavy atom. The number of nitrogens with one attached hydrogen (secondary N) is 3. The van der Waals surface area contributed by atoms with Crippen molar-refractivity contribution in [1.82, 2.24) is 15.3 Å². The third-order valence-electron chi connectivity index (χ3n) is 9.20. The molecule has 2 aromatic carbocycles. The van der Waals surface area contributed by atoms with Gasteiger partial charge in [-0.15, -0.1) is 0 Å². The van der Waals surface area contributed by atoms with Crippen LogP contribution in [0.3, 0.4) is 0 Å². The van der Waals surface area contributed by atoms with Crippen LogP contribution in [0.25, 0.3) is 0 Å². The lowest BCUT2D eigenvalue weighted by Crippen LogP contribution is -2.46. The number of aliphatic hydroxyl groups is 1. The van der Waals surface area contributed by atoms with Crippen molar-refractivity contribution in [3.63, 3.8) is 0 Å². The highest BCUT2D eigenvalue weighted by atomic mass is 35.5. The molecule has 2 aliphatic rings. The van der Waals surface area contributed by atoms with E-state index >= 15 is 0 Å². The van der Waals surface area contributed by atoms with Crippen LogP contribution in [0.5, 0.6) is 0 Å². The first-order valence-electron chi connectivity index (χ1n) is 15.7.